The Hall–Kier alpha value is -3.66. The van der Waals surface area contributed by atoms with Gasteiger partial charge < -0.3 is 9.47 Å². The summed E-state index contributed by atoms with van der Waals surface area (Å²) in [4.78, 5) is 0. The Balaban J connectivity index is 1.52. The van der Waals surface area contributed by atoms with Crippen LogP contribution in [0.15, 0.2) is 97.6 Å². The summed E-state index contributed by atoms with van der Waals surface area (Å²) in [5.74, 6) is 1.44. The minimum atomic E-state index is 0.715. The molecule has 2 heterocycles. The van der Waals surface area contributed by atoms with Gasteiger partial charge in [0.1, 0.15) is 0 Å². The fourth-order valence-electron chi connectivity index (χ4n) is 3.33. The molecule has 0 atom stereocenters. The molecule has 0 spiro atoms. The van der Waals surface area contributed by atoms with Crippen LogP contribution >= 0.6 is 0 Å². The molecule has 0 unspecified atom stereocenters. The first-order valence-electron chi connectivity index (χ1n) is 9.54. The first kappa shape index (κ1) is 18.7. The van der Waals surface area contributed by atoms with E-state index >= 15 is 0 Å². The van der Waals surface area contributed by atoms with Crippen LogP contribution in [-0.2, 0) is 6.54 Å². The summed E-state index contributed by atoms with van der Waals surface area (Å²) < 4.78 is 15.0. The zero-order valence-corrected chi connectivity index (χ0v) is 16.7. The molecule has 0 fully saturated rings. The van der Waals surface area contributed by atoms with Crippen LogP contribution in [0, 0.1) is 0 Å². The molecule has 4 nitrogen and oxygen atoms in total. The number of nitrogens with zero attached hydrogens (tertiary/aromatic N) is 2. The van der Waals surface area contributed by atoms with Crippen molar-refractivity contribution in [2.75, 3.05) is 14.2 Å². The van der Waals surface area contributed by atoms with E-state index < -0.39 is 0 Å². The molecule has 0 aliphatic carbocycles. The summed E-state index contributed by atoms with van der Waals surface area (Å²) in [6.07, 6.45) is 8.36. The number of methoxy groups -OCH3 is 2. The van der Waals surface area contributed by atoms with Crippen molar-refractivity contribution in [1.82, 2.24) is 0 Å². The Bertz CT molecular complexity index is 1080. The first-order valence-corrected chi connectivity index (χ1v) is 9.54. The maximum Gasteiger partial charge on any atom is 0.214 e. The molecule has 29 heavy (non-hydrogen) atoms. The lowest BCUT2D eigenvalue weighted by atomic mass is 10.1. The third-order valence-corrected chi connectivity index (χ3v) is 4.93. The monoisotopic (exact) mass is 384 g/mol. The fraction of sp³-hybridized carbons (Fsp3) is 0.120. The summed E-state index contributed by atoms with van der Waals surface area (Å²) in [6, 6.07) is 24.9. The molecule has 0 saturated carbocycles. The Morgan fingerprint density at radius 2 is 1.28 bits per heavy atom. The lowest BCUT2D eigenvalue weighted by molar-refractivity contribution is -0.688. The van der Waals surface area contributed by atoms with Crippen molar-refractivity contribution in [3.8, 4) is 28.3 Å². The highest BCUT2D eigenvalue weighted by Crippen LogP contribution is 2.27. The summed E-state index contributed by atoms with van der Waals surface area (Å²) in [5.41, 5.74) is 4.67. The van der Waals surface area contributed by atoms with Gasteiger partial charge in [0.05, 0.1) is 20.3 Å². The highest BCUT2D eigenvalue weighted by molar-refractivity contribution is 5.61. The largest absolute Gasteiger partial charge is 0.493 e. The number of ether oxygens (including phenoxy) is 2. The van der Waals surface area contributed by atoms with Gasteiger partial charge in [-0.15, -0.1) is 0 Å². The van der Waals surface area contributed by atoms with Crippen molar-refractivity contribution in [3.63, 3.8) is 0 Å². The number of benzene rings is 2. The van der Waals surface area contributed by atoms with E-state index in [4.69, 9.17) is 9.47 Å². The SMILES string of the molecule is COc1ccc(-[n+]2ccc(-c3cc[n+](Cc4ccccc4)cc3)cc2)cc1OC. The van der Waals surface area contributed by atoms with E-state index in [0.717, 1.165) is 18.0 Å². The molecule has 144 valence electrons. The minimum Gasteiger partial charge on any atom is -0.493 e. The van der Waals surface area contributed by atoms with E-state index in [1.807, 2.05) is 24.3 Å². The summed E-state index contributed by atoms with van der Waals surface area (Å²) in [7, 11) is 3.29. The predicted molar refractivity (Wildman–Crippen MR) is 112 cm³/mol. The molecule has 4 rings (SSSR count). The Morgan fingerprint density at radius 1 is 0.655 bits per heavy atom. The molecule has 0 radical (unpaired) electrons. The van der Waals surface area contributed by atoms with Crippen molar-refractivity contribution in [2.45, 2.75) is 6.54 Å². The van der Waals surface area contributed by atoms with Gasteiger partial charge >= 0.3 is 0 Å². The summed E-state index contributed by atoms with van der Waals surface area (Å²) >= 11 is 0. The van der Waals surface area contributed by atoms with Crippen molar-refractivity contribution in [2.24, 2.45) is 0 Å². The lowest BCUT2D eigenvalue weighted by Crippen LogP contribution is -2.33. The average Bonchev–Trinajstić information content (AvgIpc) is 2.80. The second-order valence-corrected chi connectivity index (χ2v) is 6.78. The van der Waals surface area contributed by atoms with Crippen LogP contribution < -0.4 is 18.6 Å². The zero-order valence-electron chi connectivity index (χ0n) is 16.7. The van der Waals surface area contributed by atoms with Crippen molar-refractivity contribution < 1.29 is 18.6 Å². The number of aromatic nitrogens is 2. The van der Waals surface area contributed by atoms with Crippen molar-refractivity contribution in [1.29, 1.82) is 0 Å². The van der Waals surface area contributed by atoms with Crippen molar-refractivity contribution in [3.05, 3.63) is 103 Å². The molecular weight excluding hydrogens is 360 g/mol. The molecule has 0 amide bonds. The van der Waals surface area contributed by atoms with E-state index in [1.54, 1.807) is 14.2 Å². The standard InChI is InChI=1S/C25H24N2O2/c1-28-24-9-8-23(18-25(24)29-2)27-16-12-22(13-17-27)21-10-14-26(15-11-21)19-20-6-4-3-5-7-20/h3-18H,19H2,1-2H3/q+2. The van der Waals surface area contributed by atoms with Gasteiger partial charge in [-0.2, -0.15) is 4.57 Å². The normalized spacial score (nSPS) is 10.6. The molecule has 4 heteroatoms. The molecule has 0 aliphatic heterocycles. The third kappa shape index (κ3) is 4.27. The van der Waals surface area contributed by atoms with E-state index in [9.17, 15) is 0 Å². The first-order chi connectivity index (χ1) is 14.3. The van der Waals surface area contributed by atoms with Gasteiger partial charge in [0.25, 0.3) is 0 Å². The maximum absolute atomic E-state index is 5.40. The number of pyridine rings is 2. The molecular formula is C25H24N2O2+2. The van der Waals surface area contributed by atoms with Gasteiger partial charge in [-0.25, -0.2) is 4.57 Å². The van der Waals surface area contributed by atoms with Gasteiger partial charge in [-0.05, 0) is 17.2 Å². The smallest absolute Gasteiger partial charge is 0.214 e. The molecule has 0 N–H and O–H groups in total. The Kier molecular flexibility index (Phi) is 5.52. The molecule has 0 saturated heterocycles. The Morgan fingerprint density at radius 3 is 1.90 bits per heavy atom. The fourth-order valence-corrected chi connectivity index (χ4v) is 3.33. The van der Waals surface area contributed by atoms with Gasteiger partial charge in [0.2, 0.25) is 5.69 Å². The molecule has 0 bridgehead atoms. The van der Waals surface area contributed by atoms with Gasteiger partial charge in [0, 0.05) is 35.9 Å². The third-order valence-electron chi connectivity index (χ3n) is 4.93. The lowest BCUT2D eigenvalue weighted by Gasteiger charge is -2.07. The van der Waals surface area contributed by atoms with Crippen LogP contribution in [0.25, 0.3) is 16.8 Å². The van der Waals surface area contributed by atoms with Gasteiger partial charge in [-0.3, -0.25) is 0 Å². The second-order valence-electron chi connectivity index (χ2n) is 6.78. The molecule has 2 aromatic carbocycles. The highest BCUT2D eigenvalue weighted by atomic mass is 16.5. The van der Waals surface area contributed by atoms with E-state index in [1.165, 1.54) is 16.7 Å². The van der Waals surface area contributed by atoms with Crippen molar-refractivity contribution >= 4 is 0 Å². The van der Waals surface area contributed by atoms with Crippen LogP contribution in [0.1, 0.15) is 5.56 Å². The van der Waals surface area contributed by atoms with E-state index in [0.29, 0.717) is 5.75 Å². The minimum absolute atomic E-state index is 0.715. The van der Waals surface area contributed by atoms with E-state index in [2.05, 4.69) is 82.5 Å². The molecule has 2 aromatic heterocycles. The van der Waals surface area contributed by atoms with Crippen LogP contribution in [0.2, 0.25) is 0 Å². The van der Waals surface area contributed by atoms with Crippen LogP contribution in [0.4, 0.5) is 0 Å². The molecule has 4 aromatic rings. The van der Waals surface area contributed by atoms with Crippen LogP contribution in [0.5, 0.6) is 11.5 Å². The maximum atomic E-state index is 5.40. The van der Waals surface area contributed by atoms with E-state index in [-0.39, 0.29) is 0 Å². The second kappa shape index (κ2) is 8.57. The average molecular weight is 384 g/mol. The number of hydrogen-bond acceptors (Lipinski definition) is 2. The number of rotatable bonds is 6. The topological polar surface area (TPSA) is 26.2 Å². The highest BCUT2D eigenvalue weighted by Gasteiger charge is 2.12. The van der Waals surface area contributed by atoms with Crippen LogP contribution in [-0.4, -0.2) is 14.2 Å². The molecule has 0 aliphatic rings. The Labute approximate surface area is 171 Å². The predicted octanol–water partition coefficient (Wildman–Crippen LogP) is 3.98. The summed E-state index contributed by atoms with van der Waals surface area (Å²) in [5, 5.41) is 0. The number of hydrogen-bond donors (Lipinski definition) is 0. The van der Waals surface area contributed by atoms with Crippen LogP contribution in [0.3, 0.4) is 0 Å². The quantitative estimate of drug-likeness (QED) is 0.470. The van der Waals surface area contributed by atoms with Gasteiger partial charge in [0.15, 0.2) is 42.8 Å². The zero-order chi connectivity index (χ0) is 20.1. The summed E-state index contributed by atoms with van der Waals surface area (Å²) in [6.45, 7) is 0.870. The van der Waals surface area contributed by atoms with Gasteiger partial charge in [-0.1, -0.05) is 30.3 Å².